The number of hydrazine groups is 1. The van der Waals surface area contributed by atoms with Crippen LogP contribution in [0.25, 0.3) is 0 Å². The van der Waals surface area contributed by atoms with Gasteiger partial charge in [0.15, 0.2) is 0 Å². The lowest BCUT2D eigenvalue weighted by Gasteiger charge is -2.14. The molecule has 0 amide bonds. The Morgan fingerprint density at radius 1 is 1.33 bits per heavy atom. The molecule has 0 saturated heterocycles. The number of rotatable bonds is 5. The van der Waals surface area contributed by atoms with Crippen molar-refractivity contribution in [3.8, 4) is 0 Å². The van der Waals surface area contributed by atoms with Gasteiger partial charge in [0.05, 0.1) is 6.04 Å². The normalized spacial score (nSPS) is 12.6. The average molecular weight is 278 g/mol. The Bertz CT molecular complexity index is 508. The van der Waals surface area contributed by atoms with Crippen molar-refractivity contribution in [1.82, 2.24) is 5.43 Å². The fourth-order valence-corrected chi connectivity index (χ4v) is 3.64. The first-order valence-corrected chi connectivity index (χ1v) is 7.77. The largest absolute Gasteiger partial charge is 0.271 e. The second-order valence-corrected chi connectivity index (χ2v) is 6.46. The number of aryl methyl sites for hydroxylation is 2. The molecule has 4 heteroatoms. The van der Waals surface area contributed by atoms with E-state index >= 15 is 0 Å². The minimum absolute atomic E-state index is 0.208. The van der Waals surface area contributed by atoms with Crippen LogP contribution >= 0.6 is 23.1 Å². The third-order valence-electron chi connectivity index (χ3n) is 2.85. The smallest absolute Gasteiger partial charge is 0.0562 e. The van der Waals surface area contributed by atoms with Gasteiger partial charge < -0.3 is 0 Å². The molecule has 2 aromatic rings. The van der Waals surface area contributed by atoms with Gasteiger partial charge in [0.2, 0.25) is 0 Å². The summed E-state index contributed by atoms with van der Waals surface area (Å²) < 4.78 is 0. The predicted molar refractivity (Wildman–Crippen MR) is 81.0 cm³/mol. The summed E-state index contributed by atoms with van der Waals surface area (Å²) in [6.07, 6.45) is 0. The summed E-state index contributed by atoms with van der Waals surface area (Å²) in [5.41, 5.74) is 5.51. The summed E-state index contributed by atoms with van der Waals surface area (Å²) in [5.74, 6) is 6.60. The molecule has 1 unspecified atom stereocenters. The van der Waals surface area contributed by atoms with E-state index in [2.05, 4.69) is 55.0 Å². The van der Waals surface area contributed by atoms with E-state index in [4.69, 9.17) is 5.84 Å². The van der Waals surface area contributed by atoms with Crippen molar-refractivity contribution in [2.45, 2.75) is 24.8 Å². The number of hydrogen-bond acceptors (Lipinski definition) is 4. The van der Waals surface area contributed by atoms with Crippen LogP contribution in [0.4, 0.5) is 0 Å². The molecule has 1 aromatic heterocycles. The van der Waals surface area contributed by atoms with Gasteiger partial charge in [-0.2, -0.15) is 0 Å². The molecule has 0 spiro atoms. The van der Waals surface area contributed by atoms with Gasteiger partial charge in [-0.3, -0.25) is 11.3 Å². The Hall–Kier alpha value is -0.810. The predicted octanol–water partition coefficient (Wildman–Crippen LogP) is 3.66. The van der Waals surface area contributed by atoms with Crippen LogP contribution in [-0.4, -0.2) is 5.75 Å². The number of nitrogens with one attached hydrogen (secondary N) is 1. The summed E-state index contributed by atoms with van der Waals surface area (Å²) in [4.78, 5) is 2.65. The third-order valence-corrected chi connectivity index (χ3v) is 5.00. The molecule has 1 heterocycles. The van der Waals surface area contributed by atoms with Crippen LogP contribution in [-0.2, 0) is 0 Å². The molecule has 0 aliphatic heterocycles. The van der Waals surface area contributed by atoms with E-state index in [0.29, 0.717) is 0 Å². The molecule has 0 radical (unpaired) electrons. The van der Waals surface area contributed by atoms with E-state index in [0.717, 1.165) is 5.75 Å². The molecule has 0 fully saturated rings. The summed E-state index contributed by atoms with van der Waals surface area (Å²) in [6.45, 7) is 4.26. The second-order valence-electron chi connectivity index (χ2n) is 4.29. The van der Waals surface area contributed by atoms with Crippen LogP contribution in [0.15, 0.2) is 40.6 Å². The molecule has 3 N–H and O–H groups in total. The van der Waals surface area contributed by atoms with Crippen LogP contribution < -0.4 is 11.3 Å². The van der Waals surface area contributed by atoms with Crippen molar-refractivity contribution >= 4 is 23.1 Å². The van der Waals surface area contributed by atoms with E-state index in [1.54, 1.807) is 11.3 Å². The molecule has 18 heavy (non-hydrogen) atoms. The van der Waals surface area contributed by atoms with Crippen LogP contribution in [0.2, 0.25) is 0 Å². The zero-order valence-electron chi connectivity index (χ0n) is 10.6. The van der Waals surface area contributed by atoms with Gasteiger partial charge in [0.25, 0.3) is 0 Å². The first-order valence-electron chi connectivity index (χ1n) is 5.90. The first-order chi connectivity index (χ1) is 8.70. The van der Waals surface area contributed by atoms with Crippen LogP contribution in [0.1, 0.15) is 22.0 Å². The standard InChI is InChI=1S/C14H18N2S2/c1-10-5-3-4-6-14(10)18-9-13(16-15)12-7-11(2)17-8-12/h3-8,13,16H,9,15H2,1-2H3. The number of benzene rings is 1. The maximum Gasteiger partial charge on any atom is 0.0562 e. The Morgan fingerprint density at radius 2 is 2.11 bits per heavy atom. The maximum absolute atomic E-state index is 5.66. The average Bonchev–Trinajstić information content (AvgIpc) is 2.79. The second kappa shape index (κ2) is 6.38. The molecule has 1 aromatic carbocycles. The van der Waals surface area contributed by atoms with Crippen LogP contribution in [0, 0.1) is 13.8 Å². The SMILES string of the molecule is Cc1cc(C(CSc2ccccc2C)NN)cs1. The Morgan fingerprint density at radius 3 is 2.72 bits per heavy atom. The maximum atomic E-state index is 5.66. The van der Waals surface area contributed by atoms with Crippen molar-refractivity contribution in [2.75, 3.05) is 5.75 Å². The van der Waals surface area contributed by atoms with E-state index < -0.39 is 0 Å². The monoisotopic (exact) mass is 278 g/mol. The van der Waals surface area contributed by atoms with E-state index in [-0.39, 0.29) is 6.04 Å². The summed E-state index contributed by atoms with van der Waals surface area (Å²) in [6, 6.07) is 10.9. The van der Waals surface area contributed by atoms with E-state index in [1.807, 2.05) is 11.8 Å². The highest BCUT2D eigenvalue weighted by molar-refractivity contribution is 7.99. The lowest BCUT2D eigenvalue weighted by atomic mass is 10.2. The van der Waals surface area contributed by atoms with E-state index in [1.165, 1.54) is 20.9 Å². The molecule has 0 saturated carbocycles. The summed E-state index contributed by atoms with van der Waals surface area (Å²) >= 11 is 3.61. The number of hydrogen-bond donors (Lipinski definition) is 2. The van der Waals surface area contributed by atoms with Gasteiger partial charge >= 0.3 is 0 Å². The van der Waals surface area contributed by atoms with E-state index in [9.17, 15) is 0 Å². The minimum Gasteiger partial charge on any atom is -0.271 e. The highest BCUT2D eigenvalue weighted by Crippen LogP contribution is 2.28. The number of thiophene rings is 1. The number of thioether (sulfide) groups is 1. The zero-order valence-corrected chi connectivity index (χ0v) is 12.3. The minimum atomic E-state index is 0.208. The molecule has 0 bridgehead atoms. The topological polar surface area (TPSA) is 38.0 Å². The fraction of sp³-hybridized carbons (Fsp3) is 0.286. The third kappa shape index (κ3) is 3.36. The van der Waals surface area contributed by atoms with Crippen molar-refractivity contribution in [3.05, 3.63) is 51.7 Å². The Kier molecular flexibility index (Phi) is 4.83. The Balaban J connectivity index is 2.02. The first kappa shape index (κ1) is 13.6. The van der Waals surface area contributed by atoms with Crippen molar-refractivity contribution in [3.63, 3.8) is 0 Å². The van der Waals surface area contributed by atoms with Crippen LogP contribution in [0.5, 0.6) is 0 Å². The quantitative estimate of drug-likeness (QED) is 0.498. The van der Waals surface area contributed by atoms with Gasteiger partial charge in [0.1, 0.15) is 0 Å². The molecule has 0 aliphatic carbocycles. The zero-order chi connectivity index (χ0) is 13.0. The molecule has 1 atom stereocenters. The van der Waals surface area contributed by atoms with Gasteiger partial charge in [-0.1, -0.05) is 18.2 Å². The fourth-order valence-electron chi connectivity index (χ4n) is 1.78. The highest BCUT2D eigenvalue weighted by atomic mass is 32.2. The number of nitrogens with two attached hydrogens (primary N) is 1. The molecule has 2 nitrogen and oxygen atoms in total. The van der Waals surface area contributed by atoms with Crippen molar-refractivity contribution in [1.29, 1.82) is 0 Å². The molecular formula is C14H18N2S2. The lowest BCUT2D eigenvalue weighted by molar-refractivity contribution is 0.612. The van der Waals surface area contributed by atoms with Crippen LogP contribution in [0.3, 0.4) is 0 Å². The molecule has 96 valence electrons. The lowest BCUT2D eigenvalue weighted by Crippen LogP contribution is -2.29. The Labute approximate surface area is 117 Å². The summed E-state index contributed by atoms with van der Waals surface area (Å²) in [5, 5.41) is 2.18. The van der Waals surface area contributed by atoms with Crippen molar-refractivity contribution in [2.24, 2.45) is 5.84 Å². The van der Waals surface area contributed by atoms with Gasteiger partial charge in [-0.15, -0.1) is 23.1 Å². The van der Waals surface area contributed by atoms with Crippen molar-refractivity contribution < 1.29 is 0 Å². The molecular weight excluding hydrogens is 260 g/mol. The van der Waals surface area contributed by atoms with Gasteiger partial charge in [0, 0.05) is 15.5 Å². The summed E-state index contributed by atoms with van der Waals surface area (Å²) in [7, 11) is 0. The van der Waals surface area contributed by atoms with Gasteiger partial charge in [-0.25, -0.2) is 0 Å². The molecule has 0 aliphatic rings. The highest BCUT2D eigenvalue weighted by Gasteiger charge is 2.12. The van der Waals surface area contributed by atoms with Gasteiger partial charge in [-0.05, 0) is 42.5 Å². The molecule has 2 rings (SSSR count).